The second kappa shape index (κ2) is 6.80. The molecule has 4 amide bonds. The first-order chi connectivity index (χ1) is 16.4. The van der Waals surface area contributed by atoms with E-state index in [-0.39, 0.29) is 47.3 Å². The van der Waals surface area contributed by atoms with Crippen LogP contribution in [0.15, 0.2) is 60.7 Å². The fourth-order valence-corrected chi connectivity index (χ4v) is 7.78. The Balaban J connectivity index is 1.27. The number of imide groups is 2. The topological polar surface area (TPSA) is 74.8 Å². The highest BCUT2D eigenvalue weighted by molar-refractivity contribution is 6.37. The van der Waals surface area contributed by atoms with Gasteiger partial charge < -0.3 is 0 Å². The van der Waals surface area contributed by atoms with Gasteiger partial charge in [-0.3, -0.25) is 19.2 Å². The summed E-state index contributed by atoms with van der Waals surface area (Å²) in [6.07, 6.45) is 3.97. The number of carbonyl (C=O) groups is 4. The number of para-hydroxylation sites is 2. The van der Waals surface area contributed by atoms with E-state index in [0.717, 1.165) is 0 Å². The minimum atomic E-state index is -0.543. The van der Waals surface area contributed by atoms with Crippen LogP contribution in [0.25, 0.3) is 0 Å². The van der Waals surface area contributed by atoms with Crippen molar-refractivity contribution in [3.63, 3.8) is 0 Å². The first kappa shape index (κ1) is 20.4. The number of hydrogen-bond donors (Lipinski definition) is 0. The molecule has 2 saturated heterocycles. The summed E-state index contributed by atoms with van der Waals surface area (Å²) in [5, 5.41) is 0.677. The molecule has 4 aliphatic carbocycles. The molecule has 6 aliphatic rings. The molecule has 0 radical (unpaired) electrons. The number of nitrogens with zero attached hydrogens (tertiary/aromatic N) is 2. The van der Waals surface area contributed by atoms with Gasteiger partial charge in [-0.15, -0.1) is 0 Å². The van der Waals surface area contributed by atoms with Crippen molar-refractivity contribution in [2.75, 3.05) is 9.80 Å². The van der Waals surface area contributed by atoms with Gasteiger partial charge in [-0.1, -0.05) is 59.6 Å². The van der Waals surface area contributed by atoms with Crippen molar-refractivity contribution in [2.45, 2.75) is 0 Å². The lowest BCUT2D eigenvalue weighted by Gasteiger charge is -2.60. The summed E-state index contributed by atoms with van der Waals surface area (Å²) in [6.45, 7) is 0. The van der Waals surface area contributed by atoms with E-state index in [1.54, 1.807) is 48.5 Å². The Morgan fingerprint density at radius 2 is 0.882 bits per heavy atom. The largest absolute Gasteiger partial charge is 0.274 e. The Morgan fingerprint density at radius 1 is 0.529 bits per heavy atom. The molecule has 2 aliphatic heterocycles. The highest BCUT2D eigenvalue weighted by Gasteiger charge is 2.75. The van der Waals surface area contributed by atoms with Gasteiger partial charge in [0.25, 0.3) is 0 Å². The van der Waals surface area contributed by atoms with Crippen LogP contribution in [0.1, 0.15) is 0 Å². The minimum Gasteiger partial charge on any atom is -0.274 e. The maximum Gasteiger partial charge on any atom is 0.238 e. The Hall–Kier alpha value is -2.96. The van der Waals surface area contributed by atoms with Gasteiger partial charge in [0.2, 0.25) is 23.6 Å². The smallest absolute Gasteiger partial charge is 0.238 e. The molecule has 4 fully saturated rings. The van der Waals surface area contributed by atoms with Crippen LogP contribution in [0.5, 0.6) is 0 Å². The van der Waals surface area contributed by atoms with E-state index < -0.39 is 23.7 Å². The summed E-state index contributed by atoms with van der Waals surface area (Å²) in [4.78, 5) is 56.5. The summed E-state index contributed by atoms with van der Waals surface area (Å²) < 4.78 is 0. The molecule has 2 aromatic rings. The van der Waals surface area contributed by atoms with Gasteiger partial charge in [0.15, 0.2) is 0 Å². The van der Waals surface area contributed by atoms with Crippen LogP contribution in [-0.2, 0) is 19.2 Å². The summed E-state index contributed by atoms with van der Waals surface area (Å²) in [6, 6.07) is 13.6. The zero-order valence-electron chi connectivity index (χ0n) is 17.7. The third-order valence-electron chi connectivity index (χ3n) is 8.53. The van der Waals surface area contributed by atoms with Crippen molar-refractivity contribution in [3.8, 4) is 0 Å². The number of halogens is 2. The molecule has 170 valence electrons. The predicted octanol–water partition coefficient (Wildman–Crippen LogP) is 3.97. The van der Waals surface area contributed by atoms with Crippen molar-refractivity contribution >= 4 is 58.2 Å². The summed E-state index contributed by atoms with van der Waals surface area (Å²) in [5.41, 5.74) is 0.778. The fourth-order valence-electron chi connectivity index (χ4n) is 7.34. The van der Waals surface area contributed by atoms with Crippen LogP contribution in [0, 0.1) is 47.3 Å². The van der Waals surface area contributed by atoms with Crippen LogP contribution < -0.4 is 9.80 Å². The lowest BCUT2D eigenvalue weighted by molar-refractivity contribution is -0.166. The number of benzene rings is 2. The van der Waals surface area contributed by atoms with Crippen molar-refractivity contribution in [2.24, 2.45) is 47.3 Å². The zero-order valence-corrected chi connectivity index (χ0v) is 19.2. The highest BCUT2D eigenvalue weighted by atomic mass is 35.5. The average molecular weight is 493 g/mol. The van der Waals surface area contributed by atoms with Gasteiger partial charge in [-0.25, -0.2) is 9.80 Å². The van der Waals surface area contributed by atoms with E-state index in [0.29, 0.717) is 21.4 Å². The number of amides is 4. The molecule has 0 unspecified atom stereocenters. The van der Waals surface area contributed by atoms with Crippen LogP contribution in [-0.4, -0.2) is 23.6 Å². The van der Waals surface area contributed by atoms with Crippen molar-refractivity contribution in [1.29, 1.82) is 0 Å². The zero-order chi connectivity index (χ0) is 23.5. The summed E-state index contributed by atoms with van der Waals surface area (Å²) >= 11 is 12.6. The quantitative estimate of drug-likeness (QED) is 0.469. The Labute approximate surface area is 205 Å². The maximum absolute atomic E-state index is 13.6. The van der Waals surface area contributed by atoms with Crippen LogP contribution in [0.4, 0.5) is 11.4 Å². The van der Waals surface area contributed by atoms with Gasteiger partial charge in [0.05, 0.1) is 45.1 Å². The second-order valence-electron chi connectivity index (χ2n) is 9.72. The van der Waals surface area contributed by atoms with Gasteiger partial charge in [-0.05, 0) is 47.9 Å². The lowest BCUT2D eigenvalue weighted by Crippen LogP contribution is -2.63. The van der Waals surface area contributed by atoms with E-state index in [2.05, 4.69) is 0 Å². The molecule has 2 bridgehead atoms. The number of allylic oxidation sites excluding steroid dienone is 2. The van der Waals surface area contributed by atoms with E-state index in [9.17, 15) is 19.2 Å². The summed E-state index contributed by atoms with van der Waals surface area (Å²) in [7, 11) is 0. The molecular weight excluding hydrogens is 475 g/mol. The van der Waals surface area contributed by atoms with Gasteiger partial charge in [-0.2, -0.15) is 0 Å². The van der Waals surface area contributed by atoms with Crippen molar-refractivity contribution in [3.05, 3.63) is 70.7 Å². The predicted molar refractivity (Wildman–Crippen MR) is 125 cm³/mol. The molecule has 2 heterocycles. The Bertz CT molecular complexity index is 1300. The van der Waals surface area contributed by atoms with E-state index in [1.165, 1.54) is 9.80 Å². The molecule has 0 spiro atoms. The van der Waals surface area contributed by atoms with Crippen LogP contribution >= 0.6 is 23.2 Å². The fraction of sp³-hybridized carbons (Fsp3) is 0.308. The third-order valence-corrected chi connectivity index (χ3v) is 9.17. The SMILES string of the molecule is O=C1[C@@H]2[C@H]3C=C[C@@H]([C@@H]2C(=O)N1c1ccccc1Cl)[C@@H]1[C@@H]2C(=O)N(c4ccccc4Cl)C(=O)[C@H]2[C@H]31. The Kier molecular flexibility index (Phi) is 4.08. The Morgan fingerprint density at radius 3 is 1.26 bits per heavy atom. The van der Waals surface area contributed by atoms with Gasteiger partial charge in [0.1, 0.15) is 0 Å². The molecule has 2 aromatic carbocycles. The van der Waals surface area contributed by atoms with E-state index in [4.69, 9.17) is 23.2 Å². The van der Waals surface area contributed by atoms with Crippen LogP contribution in [0.3, 0.4) is 0 Å². The molecule has 2 saturated carbocycles. The minimum absolute atomic E-state index is 0.145. The first-order valence-electron chi connectivity index (χ1n) is 11.3. The first-order valence-corrected chi connectivity index (χ1v) is 12.1. The van der Waals surface area contributed by atoms with E-state index >= 15 is 0 Å². The number of rotatable bonds is 2. The normalized spacial score (nSPS) is 37.1. The summed E-state index contributed by atoms with van der Waals surface area (Å²) in [5.74, 6) is -3.98. The van der Waals surface area contributed by atoms with Crippen molar-refractivity contribution < 1.29 is 19.2 Å². The second-order valence-corrected chi connectivity index (χ2v) is 10.5. The number of hydrogen-bond acceptors (Lipinski definition) is 4. The van der Waals surface area contributed by atoms with E-state index in [1.807, 2.05) is 12.2 Å². The number of fused-ring (bicyclic) bond motifs is 1. The molecule has 0 N–H and O–H groups in total. The monoisotopic (exact) mass is 492 g/mol. The number of anilines is 2. The third kappa shape index (κ3) is 2.28. The molecular formula is C26H18Cl2N2O4. The molecule has 0 aromatic heterocycles. The molecule has 8 rings (SSSR count). The standard InChI is InChI=1S/C26H18Cl2N2O4/c27-13-5-1-3-7-15(13)29-23(31)19-11-9-10-12(20(19)24(29)32)18-17(11)21-22(18)26(34)30(25(21)33)16-8-4-2-6-14(16)28/h1-12,17-22H/t11-,12+,17+,18-,19+,20-,21-,22-/m0/s1. The molecule has 8 atom stereocenters. The average Bonchev–Trinajstić information content (AvgIpc) is 3.19. The van der Waals surface area contributed by atoms with Crippen LogP contribution in [0.2, 0.25) is 10.0 Å². The molecule has 34 heavy (non-hydrogen) atoms. The number of carbonyl (C=O) groups excluding carboxylic acids is 4. The van der Waals surface area contributed by atoms with Gasteiger partial charge in [0, 0.05) is 0 Å². The molecule has 8 heteroatoms. The van der Waals surface area contributed by atoms with Crippen molar-refractivity contribution in [1.82, 2.24) is 0 Å². The lowest BCUT2D eigenvalue weighted by atomic mass is 9.40. The molecule has 6 nitrogen and oxygen atoms in total. The van der Waals surface area contributed by atoms with Gasteiger partial charge >= 0.3 is 0 Å². The highest BCUT2D eigenvalue weighted by Crippen LogP contribution is 2.68. The maximum atomic E-state index is 13.6.